The van der Waals surface area contributed by atoms with Crippen molar-refractivity contribution in [3.05, 3.63) is 23.0 Å². The Morgan fingerprint density at radius 3 is 2.69 bits per heavy atom. The molecule has 0 unspecified atom stereocenters. The largest absolute Gasteiger partial charge is 0.506 e. The van der Waals surface area contributed by atoms with Gasteiger partial charge in [-0.2, -0.15) is 0 Å². The Kier molecular flexibility index (Phi) is 3.98. The number of phenolic OH excluding ortho intramolecular Hbond substituents is 1. The Morgan fingerprint density at radius 2 is 2.12 bits per heavy atom. The first-order chi connectivity index (χ1) is 7.35. The highest BCUT2D eigenvalue weighted by Gasteiger charge is 2.14. The number of hydrogen-bond acceptors (Lipinski definition) is 3. The van der Waals surface area contributed by atoms with E-state index in [1.807, 2.05) is 0 Å². The fourth-order valence-corrected chi connectivity index (χ4v) is 2.41. The molecule has 2 N–H and O–H groups in total. The summed E-state index contributed by atoms with van der Waals surface area (Å²) >= 11 is 5.47. The molecular weight excluding hydrogens is 257 g/mol. The minimum Gasteiger partial charge on any atom is -0.506 e. The molecule has 0 saturated carbocycles. The van der Waals surface area contributed by atoms with Crippen molar-refractivity contribution in [2.45, 2.75) is 13.3 Å². The summed E-state index contributed by atoms with van der Waals surface area (Å²) in [5, 5.41) is 9.06. The van der Waals surface area contributed by atoms with Crippen LogP contribution in [0.2, 0.25) is 5.02 Å². The van der Waals surface area contributed by atoms with Crippen LogP contribution >= 0.6 is 11.6 Å². The van der Waals surface area contributed by atoms with Gasteiger partial charge in [-0.3, -0.25) is 4.72 Å². The molecule has 1 aromatic carbocycles. The van der Waals surface area contributed by atoms with E-state index in [1.165, 1.54) is 0 Å². The Bertz CT molecular complexity index is 490. The highest BCUT2D eigenvalue weighted by atomic mass is 35.5. The summed E-state index contributed by atoms with van der Waals surface area (Å²) in [6.07, 6.45) is 0.436. The van der Waals surface area contributed by atoms with Crippen LogP contribution in [0.4, 0.5) is 10.1 Å². The maximum Gasteiger partial charge on any atom is 0.232 e. The van der Waals surface area contributed by atoms with Gasteiger partial charge < -0.3 is 5.11 Å². The van der Waals surface area contributed by atoms with Crippen molar-refractivity contribution in [1.29, 1.82) is 0 Å². The van der Waals surface area contributed by atoms with Crippen LogP contribution in [0.5, 0.6) is 5.75 Å². The number of phenols is 1. The topological polar surface area (TPSA) is 66.4 Å². The minimum absolute atomic E-state index is 0.0819. The molecule has 0 atom stereocenters. The van der Waals surface area contributed by atoms with Gasteiger partial charge in [0.1, 0.15) is 11.6 Å². The van der Waals surface area contributed by atoms with Crippen molar-refractivity contribution in [2.75, 3.05) is 10.5 Å². The van der Waals surface area contributed by atoms with Crippen molar-refractivity contribution < 1.29 is 17.9 Å². The quantitative estimate of drug-likeness (QED) is 0.823. The zero-order valence-corrected chi connectivity index (χ0v) is 10.1. The molecule has 0 aromatic heterocycles. The number of benzene rings is 1. The molecule has 0 radical (unpaired) electrons. The lowest BCUT2D eigenvalue weighted by atomic mass is 10.3. The minimum atomic E-state index is -3.53. The van der Waals surface area contributed by atoms with Gasteiger partial charge >= 0.3 is 0 Å². The third-order valence-corrected chi connectivity index (χ3v) is 3.54. The molecule has 0 aliphatic carbocycles. The molecule has 7 heteroatoms. The van der Waals surface area contributed by atoms with Gasteiger partial charge in [-0.1, -0.05) is 18.5 Å². The van der Waals surface area contributed by atoms with Crippen molar-refractivity contribution in [3.63, 3.8) is 0 Å². The van der Waals surface area contributed by atoms with Crippen molar-refractivity contribution in [2.24, 2.45) is 0 Å². The fraction of sp³-hybridized carbons (Fsp3) is 0.333. The molecule has 0 bridgehead atoms. The van der Waals surface area contributed by atoms with Gasteiger partial charge in [0.25, 0.3) is 0 Å². The van der Waals surface area contributed by atoms with E-state index in [4.69, 9.17) is 11.6 Å². The fourth-order valence-electron chi connectivity index (χ4n) is 1.11. The summed E-state index contributed by atoms with van der Waals surface area (Å²) in [5.41, 5.74) is -0.125. The molecule has 0 saturated heterocycles. The first-order valence-electron chi connectivity index (χ1n) is 4.54. The highest BCUT2D eigenvalue weighted by molar-refractivity contribution is 7.92. The first-order valence-corrected chi connectivity index (χ1v) is 6.57. The molecule has 1 aromatic rings. The Balaban J connectivity index is 3.03. The van der Waals surface area contributed by atoms with Crippen LogP contribution in [-0.2, 0) is 10.0 Å². The van der Waals surface area contributed by atoms with Gasteiger partial charge in [0.15, 0.2) is 0 Å². The molecule has 90 valence electrons. The predicted molar refractivity (Wildman–Crippen MR) is 60.8 cm³/mol. The summed E-state index contributed by atoms with van der Waals surface area (Å²) < 4.78 is 37.8. The summed E-state index contributed by atoms with van der Waals surface area (Å²) in [6, 6.07) is 1.78. The van der Waals surface area contributed by atoms with Crippen molar-refractivity contribution >= 4 is 27.3 Å². The van der Waals surface area contributed by atoms with E-state index in [9.17, 15) is 17.9 Å². The second-order valence-electron chi connectivity index (χ2n) is 3.20. The smallest absolute Gasteiger partial charge is 0.232 e. The lowest BCUT2D eigenvalue weighted by molar-refractivity contribution is 0.471. The maximum atomic E-state index is 12.9. The third-order valence-electron chi connectivity index (χ3n) is 1.78. The number of hydrogen-bond donors (Lipinski definition) is 2. The monoisotopic (exact) mass is 267 g/mol. The maximum absolute atomic E-state index is 12.9. The van der Waals surface area contributed by atoms with E-state index < -0.39 is 21.6 Å². The molecule has 1 rings (SSSR count). The Morgan fingerprint density at radius 1 is 1.50 bits per heavy atom. The van der Waals surface area contributed by atoms with Gasteiger partial charge in [-0.05, 0) is 12.5 Å². The van der Waals surface area contributed by atoms with Crippen LogP contribution in [0.15, 0.2) is 12.1 Å². The summed E-state index contributed by atoms with van der Waals surface area (Å²) in [6.45, 7) is 1.71. The molecule has 0 aliphatic heterocycles. The second-order valence-corrected chi connectivity index (χ2v) is 5.45. The van der Waals surface area contributed by atoms with Crippen molar-refractivity contribution in [3.8, 4) is 5.75 Å². The van der Waals surface area contributed by atoms with Crippen LogP contribution in [0.3, 0.4) is 0 Å². The van der Waals surface area contributed by atoms with E-state index in [0.29, 0.717) is 6.42 Å². The van der Waals surface area contributed by atoms with Gasteiger partial charge in [0, 0.05) is 6.07 Å². The standard InChI is InChI=1S/C9H11ClFNO3S/c1-2-3-16(14,15)12-8-4-6(10)7(11)5-9(8)13/h4-5,12-13H,2-3H2,1H3. The average Bonchev–Trinajstić information content (AvgIpc) is 2.13. The molecular formula is C9H11ClFNO3S. The van der Waals surface area contributed by atoms with Crippen LogP contribution in [0, 0.1) is 5.82 Å². The van der Waals surface area contributed by atoms with Crippen molar-refractivity contribution in [1.82, 2.24) is 0 Å². The molecule has 16 heavy (non-hydrogen) atoms. The second kappa shape index (κ2) is 4.88. The number of rotatable bonds is 4. The number of sulfonamides is 1. The highest BCUT2D eigenvalue weighted by Crippen LogP contribution is 2.30. The Hall–Kier alpha value is -1.01. The SMILES string of the molecule is CCCS(=O)(=O)Nc1cc(Cl)c(F)cc1O. The Labute approximate surface area is 98.1 Å². The normalized spacial score (nSPS) is 11.4. The van der Waals surface area contributed by atoms with Gasteiger partial charge in [-0.15, -0.1) is 0 Å². The molecule has 0 amide bonds. The van der Waals surface area contributed by atoms with E-state index in [-0.39, 0.29) is 16.5 Å². The zero-order valence-electron chi connectivity index (χ0n) is 8.50. The summed E-state index contributed by atoms with van der Waals surface area (Å²) in [7, 11) is -3.53. The molecule has 4 nitrogen and oxygen atoms in total. The molecule has 0 fully saturated rings. The zero-order chi connectivity index (χ0) is 12.3. The first kappa shape index (κ1) is 13.1. The lowest BCUT2D eigenvalue weighted by Gasteiger charge is -2.09. The van der Waals surface area contributed by atoms with Gasteiger partial charge in [0.05, 0.1) is 16.5 Å². The lowest BCUT2D eigenvalue weighted by Crippen LogP contribution is -2.16. The molecule has 0 spiro atoms. The van der Waals surface area contributed by atoms with Gasteiger partial charge in [-0.25, -0.2) is 12.8 Å². The summed E-state index contributed by atoms with van der Waals surface area (Å²) in [4.78, 5) is 0. The van der Waals surface area contributed by atoms with E-state index in [2.05, 4.69) is 4.72 Å². The third kappa shape index (κ3) is 3.24. The van der Waals surface area contributed by atoms with E-state index in [1.54, 1.807) is 6.92 Å². The van der Waals surface area contributed by atoms with Crippen LogP contribution in [0.1, 0.15) is 13.3 Å². The number of halogens is 2. The van der Waals surface area contributed by atoms with Crippen LogP contribution in [0.25, 0.3) is 0 Å². The van der Waals surface area contributed by atoms with Gasteiger partial charge in [0.2, 0.25) is 10.0 Å². The molecule has 0 aliphatic rings. The average molecular weight is 268 g/mol. The van der Waals surface area contributed by atoms with Crippen LogP contribution in [-0.4, -0.2) is 19.3 Å². The van der Waals surface area contributed by atoms with E-state index >= 15 is 0 Å². The predicted octanol–water partition coefficient (Wildman–Crippen LogP) is 2.34. The summed E-state index contributed by atoms with van der Waals surface area (Å²) in [5.74, 6) is -1.39. The van der Waals surface area contributed by atoms with Crippen LogP contribution < -0.4 is 4.72 Å². The number of aromatic hydroxyl groups is 1. The number of anilines is 1. The number of nitrogens with one attached hydrogen (secondary N) is 1. The van der Waals surface area contributed by atoms with E-state index in [0.717, 1.165) is 12.1 Å². The molecule has 0 heterocycles.